The SMILES string of the molecule is CC/C(=C(/c1ccc(OCCN(C)C)cc1)c1ccc(SC)cc1)c1ccccc1. The molecular weight excluding hydrogens is 386 g/mol. The summed E-state index contributed by atoms with van der Waals surface area (Å²) in [5, 5.41) is 0. The minimum Gasteiger partial charge on any atom is -0.492 e. The average molecular weight is 418 g/mol. The van der Waals surface area contributed by atoms with Crippen molar-refractivity contribution in [1.82, 2.24) is 4.90 Å². The van der Waals surface area contributed by atoms with Crippen LogP contribution in [0.1, 0.15) is 30.0 Å². The van der Waals surface area contributed by atoms with Crippen molar-refractivity contribution in [1.29, 1.82) is 0 Å². The Morgan fingerprint density at radius 1 is 0.800 bits per heavy atom. The first kappa shape index (κ1) is 22.2. The lowest BCUT2D eigenvalue weighted by Gasteiger charge is -2.17. The number of hydrogen-bond acceptors (Lipinski definition) is 3. The predicted octanol–water partition coefficient (Wildman–Crippen LogP) is 6.72. The van der Waals surface area contributed by atoms with Gasteiger partial charge in [-0.15, -0.1) is 11.8 Å². The van der Waals surface area contributed by atoms with E-state index in [9.17, 15) is 0 Å². The molecule has 0 N–H and O–H groups in total. The van der Waals surface area contributed by atoms with Crippen molar-refractivity contribution < 1.29 is 4.74 Å². The molecule has 156 valence electrons. The number of rotatable bonds is 9. The Morgan fingerprint density at radius 3 is 1.93 bits per heavy atom. The Bertz CT molecular complexity index is 944. The Morgan fingerprint density at radius 2 is 1.40 bits per heavy atom. The number of hydrogen-bond donors (Lipinski definition) is 0. The summed E-state index contributed by atoms with van der Waals surface area (Å²) < 4.78 is 5.90. The lowest BCUT2D eigenvalue weighted by atomic mass is 9.88. The third-order valence-corrected chi connectivity index (χ3v) is 5.85. The topological polar surface area (TPSA) is 12.5 Å². The molecule has 0 saturated heterocycles. The van der Waals surface area contributed by atoms with Gasteiger partial charge in [0.2, 0.25) is 0 Å². The molecule has 0 aliphatic rings. The first-order valence-corrected chi connectivity index (χ1v) is 11.7. The van der Waals surface area contributed by atoms with E-state index in [0.717, 1.165) is 18.7 Å². The van der Waals surface area contributed by atoms with E-state index in [1.54, 1.807) is 11.8 Å². The molecule has 0 heterocycles. The van der Waals surface area contributed by atoms with E-state index < -0.39 is 0 Å². The van der Waals surface area contributed by atoms with Gasteiger partial charge in [-0.05, 0) is 78.9 Å². The molecule has 0 aliphatic carbocycles. The number of benzene rings is 3. The minimum atomic E-state index is 0.690. The molecule has 0 amide bonds. The van der Waals surface area contributed by atoms with Crippen molar-refractivity contribution in [3.8, 4) is 5.75 Å². The minimum absolute atomic E-state index is 0.690. The summed E-state index contributed by atoms with van der Waals surface area (Å²) in [6.07, 6.45) is 3.08. The van der Waals surface area contributed by atoms with Crippen LogP contribution >= 0.6 is 11.8 Å². The number of nitrogens with zero attached hydrogens (tertiary/aromatic N) is 1. The first-order valence-electron chi connectivity index (χ1n) is 10.4. The highest BCUT2D eigenvalue weighted by Crippen LogP contribution is 2.35. The van der Waals surface area contributed by atoms with E-state index in [4.69, 9.17) is 4.74 Å². The van der Waals surface area contributed by atoms with E-state index in [-0.39, 0.29) is 0 Å². The van der Waals surface area contributed by atoms with E-state index in [1.165, 1.54) is 32.7 Å². The van der Waals surface area contributed by atoms with Crippen LogP contribution in [0.2, 0.25) is 0 Å². The number of likely N-dealkylation sites (N-methyl/N-ethyl adjacent to an activating group) is 1. The van der Waals surface area contributed by atoms with Crippen LogP contribution in [0.4, 0.5) is 0 Å². The van der Waals surface area contributed by atoms with Crippen molar-refractivity contribution in [2.24, 2.45) is 0 Å². The number of allylic oxidation sites excluding steroid dienone is 1. The fourth-order valence-corrected chi connectivity index (χ4v) is 3.91. The molecule has 0 radical (unpaired) electrons. The zero-order chi connectivity index (χ0) is 21.3. The maximum absolute atomic E-state index is 5.90. The van der Waals surface area contributed by atoms with Gasteiger partial charge in [-0.2, -0.15) is 0 Å². The third-order valence-electron chi connectivity index (χ3n) is 5.11. The highest BCUT2D eigenvalue weighted by atomic mass is 32.2. The maximum Gasteiger partial charge on any atom is 0.119 e. The van der Waals surface area contributed by atoms with E-state index in [1.807, 2.05) is 0 Å². The molecule has 0 spiro atoms. The molecule has 0 aliphatic heterocycles. The zero-order valence-electron chi connectivity index (χ0n) is 18.4. The van der Waals surface area contributed by atoms with E-state index in [2.05, 4.69) is 111 Å². The van der Waals surface area contributed by atoms with Crippen molar-refractivity contribution >= 4 is 22.9 Å². The third kappa shape index (κ3) is 5.78. The lowest BCUT2D eigenvalue weighted by Crippen LogP contribution is -2.19. The number of ether oxygens (including phenoxy) is 1. The van der Waals surface area contributed by atoms with Crippen molar-refractivity contribution in [2.45, 2.75) is 18.2 Å². The van der Waals surface area contributed by atoms with Crippen molar-refractivity contribution in [2.75, 3.05) is 33.5 Å². The van der Waals surface area contributed by atoms with Gasteiger partial charge in [0.25, 0.3) is 0 Å². The molecule has 0 fully saturated rings. The predicted molar refractivity (Wildman–Crippen MR) is 131 cm³/mol. The fourth-order valence-electron chi connectivity index (χ4n) is 3.50. The van der Waals surface area contributed by atoms with Gasteiger partial charge in [0.15, 0.2) is 0 Å². The molecule has 0 saturated carbocycles. The average Bonchev–Trinajstić information content (AvgIpc) is 2.78. The van der Waals surface area contributed by atoms with Crippen LogP contribution in [0, 0.1) is 0 Å². The quantitative estimate of drug-likeness (QED) is 0.283. The standard InChI is InChI=1S/C27H31NOS/c1-5-26(21-9-7-6-8-10-21)27(23-13-17-25(30-4)18-14-23)22-11-15-24(16-12-22)29-20-19-28(2)3/h6-18H,5,19-20H2,1-4H3/b27-26+. The fraction of sp³-hybridized carbons (Fsp3) is 0.259. The van der Waals surface area contributed by atoms with Gasteiger partial charge >= 0.3 is 0 Å². The zero-order valence-corrected chi connectivity index (χ0v) is 19.2. The van der Waals surface area contributed by atoms with Crippen LogP contribution in [-0.2, 0) is 0 Å². The Hall–Kier alpha value is -2.49. The van der Waals surface area contributed by atoms with Gasteiger partial charge in [-0.1, -0.05) is 61.5 Å². The Labute approximate surface area is 185 Å². The molecule has 3 heteroatoms. The largest absolute Gasteiger partial charge is 0.492 e. The monoisotopic (exact) mass is 417 g/mol. The van der Waals surface area contributed by atoms with Gasteiger partial charge < -0.3 is 9.64 Å². The van der Waals surface area contributed by atoms with Crippen LogP contribution in [0.5, 0.6) is 5.75 Å². The van der Waals surface area contributed by atoms with E-state index >= 15 is 0 Å². The van der Waals surface area contributed by atoms with Crippen LogP contribution in [-0.4, -0.2) is 38.4 Å². The summed E-state index contributed by atoms with van der Waals surface area (Å²) in [5.74, 6) is 0.912. The first-order chi connectivity index (χ1) is 14.6. The molecule has 3 aromatic carbocycles. The molecule has 3 aromatic rings. The van der Waals surface area contributed by atoms with Gasteiger partial charge in [0, 0.05) is 11.4 Å². The normalized spacial score (nSPS) is 12.0. The van der Waals surface area contributed by atoms with E-state index in [0.29, 0.717) is 6.61 Å². The highest BCUT2D eigenvalue weighted by molar-refractivity contribution is 7.98. The van der Waals surface area contributed by atoms with Crippen molar-refractivity contribution in [3.05, 3.63) is 95.6 Å². The summed E-state index contributed by atoms with van der Waals surface area (Å²) in [4.78, 5) is 3.40. The van der Waals surface area contributed by atoms with Gasteiger partial charge in [-0.25, -0.2) is 0 Å². The summed E-state index contributed by atoms with van der Waals surface area (Å²) in [7, 11) is 4.11. The molecule has 30 heavy (non-hydrogen) atoms. The second-order valence-corrected chi connectivity index (χ2v) is 8.36. The molecule has 0 atom stereocenters. The smallest absolute Gasteiger partial charge is 0.119 e. The molecule has 0 unspecified atom stereocenters. The molecule has 2 nitrogen and oxygen atoms in total. The summed E-state index contributed by atoms with van der Waals surface area (Å²) in [5.41, 5.74) is 6.38. The van der Waals surface area contributed by atoms with Crippen LogP contribution in [0.3, 0.4) is 0 Å². The summed E-state index contributed by atoms with van der Waals surface area (Å²) in [6, 6.07) is 28.1. The van der Waals surface area contributed by atoms with Crippen LogP contribution in [0.25, 0.3) is 11.1 Å². The second kappa shape index (κ2) is 11.1. The summed E-state index contributed by atoms with van der Waals surface area (Å²) in [6.45, 7) is 3.83. The molecular formula is C27H31NOS. The van der Waals surface area contributed by atoms with Crippen LogP contribution in [0.15, 0.2) is 83.8 Å². The maximum atomic E-state index is 5.90. The van der Waals surface area contributed by atoms with Gasteiger partial charge in [-0.3, -0.25) is 0 Å². The Kier molecular flexibility index (Phi) is 8.18. The Balaban J connectivity index is 2.02. The number of thioether (sulfide) groups is 1. The second-order valence-electron chi connectivity index (χ2n) is 7.48. The highest BCUT2D eigenvalue weighted by Gasteiger charge is 2.13. The van der Waals surface area contributed by atoms with Gasteiger partial charge in [0.05, 0.1) is 0 Å². The van der Waals surface area contributed by atoms with Crippen molar-refractivity contribution in [3.63, 3.8) is 0 Å². The lowest BCUT2D eigenvalue weighted by molar-refractivity contribution is 0.261. The molecule has 3 rings (SSSR count). The van der Waals surface area contributed by atoms with Crippen LogP contribution < -0.4 is 4.74 Å². The molecule has 0 aromatic heterocycles. The van der Waals surface area contributed by atoms with Gasteiger partial charge in [0.1, 0.15) is 12.4 Å². The summed E-state index contributed by atoms with van der Waals surface area (Å²) >= 11 is 1.77. The molecule has 0 bridgehead atoms.